The van der Waals surface area contributed by atoms with E-state index in [-0.39, 0.29) is 0 Å². The number of nitrogens with zero attached hydrogens (tertiary/aromatic N) is 3. The van der Waals surface area contributed by atoms with Crippen LogP contribution in [0.25, 0.3) is 5.65 Å². The fourth-order valence-electron chi connectivity index (χ4n) is 2.91. The fraction of sp³-hybridized carbons (Fsp3) is 0.600. The molecule has 0 amide bonds. The number of pyridine rings is 1. The highest BCUT2D eigenvalue weighted by Crippen LogP contribution is 2.30. The monoisotopic (exact) mass is 258 g/mol. The number of aromatic nitrogens is 3. The molecule has 0 atom stereocenters. The van der Waals surface area contributed by atoms with Crippen LogP contribution in [0.5, 0.6) is 0 Å². The zero-order valence-corrected chi connectivity index (χ0v) is 11.5. The zero-order chi connectivity index (χ0) is 13.1. The fourth-order valence-corrected chi connectivity index (χ4v) is 2.91. The van der Waals surface area contributed by atoms with Gasteiger partial charge in [-0.1, -0.05) is 38.7 Å². The Morgan fingerprint density at radius 2 is 2.11 bits per heavy atom. The lowest BCUT2D eigenvalue weighted by Gasteiger charge is -2.25. The molecule has 4 heteroatoms. The molecule has 0 saturated heterocycles. The van der Waals surface area contributed by atoms with Crippen LogP contribution >= 0.6 is 0 Å². The van der Waals surface area contributed by atoms with Crippen LogP contribution in [0.1, 0.15) is 39.0 Å². The van der Waals surface area contributed by atoms with Crippen LogP contribution in [-0.2, 0) is 0 Å². The Bertz CT molecular complexity index is 493. The van der Waals surface area contributed by atoms with E-state index in [0.717, 1.165) is 30.0 Å². The van der Waals surface area contributed by atoms with Crippen LogP contribution in [0.3, 0.4) is 0 Å². The van der Waals surface area contributed by atoms with E-state index in [1.807, 2.05) is 28.9 Å². The molecule has 1 N–H and O–H groups in total. The van der Waals surface area contributed by atoms with Gasteiger partial charge >= 0.3 is 0 Å². The van der Waals surface area contributed by atoms with Crippen LogP contribution in [0.15, 0.2) is 24.4 Å². The van der Waals surface area contributed by atoms with Crippen molar-refractivity contribution in [3.8, 4) is 0 Å². The van der Waals surface area contributed by atoms with Crippen LogP contribution in [0.4, 0.5) is 5.95 Å². The Morgan fingerprint density at radius 1 is 1.26 bits per heavy atom. The Balaban J connectivity index is 1.49. The molecule has 1 aliphatic carbocycles. The number of hydrogen-bond donors (Lipinski definition) is 1. The van der Waals surface area contributed by atoms with E-state index in [1.165, 1.54) is 32.1 Å². The molecule has 4 nitrogen and oxygen atoms in total. The molecule has 2 heterocycles. The summed E-state index contributed by atoms with van der Waals surface area (Å²) in [5.41, 5.74) is 0.900. The third-order valence-corrected chi connectivity index (χ3v) is 4.21. The normalized spacial score (nSPS) is 23.6. The molecule has 0 unspecified atom stereocenters. The smallest absolute Gasteiger partial charge is 0.243 e. The topological polar surface area (TPSA) is 42.2 Å². The molecule has 1 aliphatic rings. The molecule has 1 fully saturated rings. The number of anilines is 1. The van der Waals surface area contributed by atoms with Gasteiger partial charge in [-0.05, 0) is 30.4 Å². The van der Waals surface area contributed by atoms with Crippen LogP contribution < -0.4 is 5.32 Å². The van der Waals surface area contributed by atoms with Crippen molar-refractivity contribution in [2.24, 2.45) is 11.8 Å². The highest BCUT2D eigenvalue weighted by Gasteiger charge is 2.17. The van der Waals surface area contributed by atoms with E-state index in [2.05, 4.69) is 22.3 Å². The van der Waals surface area contributed by atoms with E-state index in [0.29, 0.717) is 0 Å². The average molecular weight is 258 g/mol. The molecular weight excluding hydrogens is 236 g/mol. The number of rotatable bonds is 4. The van der Waals surface area contributed by atoms with Crippen molar-refractivity contribution in [1.82, 2.24) is 14.6 Å². The number of fused-ring (bicyclic) bond motifs is 1. The summed E-state index contributed by atoms with van der Waals surface area (Å²) in [5.74, 6) is 2.57. The number of nitrogens with one attached hydrogen (secondary N) is 1. The summed E-state index contributed by atoms with van der Waals surface area (Å²) in [4.78, 5) is 4.45. The van der Waals surface area contributed by atoms with Gasteiger partial charge in [0.1, 0.15) is 0 Å². The highest BCUT2D eigenvalue weighted by atomic mass is 15.3. The predicted molar refractivity (Wildman–Crippen MR) is 77.2 cm³/mol. The van der Waals surface area contributed by atoms with Gasteiger partial charge in [0, 0.05) is 12.7 Å². The van der Waals surface area contributed by atoms with Crippen LogP contribution in [-0.4, -0.2) is 21.1 Å². The molecule has 0 spiro atoms. The molecule has 2 aromatic rings. The lowest BCUT2D eigenvalue weighted by atomic mass is 9.81. The maximum absolute atomic E-state index is 4.45. The van der Waals surface area contributed by atoms with Gasteiger partial charge < -0.3 is 5.32 Å². The molecule has 0 aliphatic heterocycles. The molecule has 102 valence electrons. The summed E-state index contributed by atoms with van der Waals surface area (Å²) < 4.78 is 1.81. The summed E-state index contributed by atoms with van der Waals surface area (Å²) in [6.45, 7) is 3.35. The van der Waals surface area contributed by atoms with Crippen molar-refractivity contribution in [2.45, 2.75) is 39.0 Å². The SMILES string of the molecule is CC1CCC(CCNc2nc3ccccn3n2)CC1. The van der Waals surface area contributed by atoms with Gasteiger partial charge in [0.2, 0.25) is 5.95 Å². The second kappa shape index (κ2) is 5.59. The first-order chi connectivity index (χ1) is 9.31. The van der Waals surface area contributed by atoms with Gasteiger partial charge in [-0.3, -0.25) is 0 Å². The Morgan fingerprint density at radius 3 is 2.89 bits per heavy atom. The summed E-state index contributed by atoms with van der Waals surface area (Å²) in [5, 5.41) is 7.75. The summed E-state index contributed by atoms with van der Waals surface area (Å²) in [6.07, 6.45) is 8.75. The Labute approximate surface area is 114 Å². The molecule has 0 aromatic carbocycles. The van der Waals surface area contributed by atoms with E-state index < -0.39 is 0 Å². The second-order valence-corrected chi connectivity index (χ2v) is 5.78. The minimum Gasteiger partial charge on any atom is -0.353 e. The molecule has 3 rings (SSSR count). The van der Waals surface area contributed by atoms with Crippen molar-refractivity contribution in [2.75, 3.05) is 11.9 Å². The van der Waals surface area contributed by atoms with Crippen molar-refractivity contribution >= 4 is 11.6 Å². The summed E-state index contributed by atoms with van der Waals surface area (Å²) in [6, 6.07) is 5.92. The number of hydrogen-bond acceptors (Lipinski definition) is 3. The summed E-state index contributed by atoms with van der Waals surface area (Å²) in [7, 11) is 0. The van der Waals surface area contributed by atoms with Crippen molar-refractivity contribution in [1.29, 1.82) is 0 Å². The Kier molecular flexibility index (Phi) is 3.67. The van der Waals surface area contributed by atoms with Crippen molar-refractivity contribution in [3.05, 3.63) is 24.4 Å². The van der Waals surface area contributed by atoms with Crippen LogP contribution in [0, 0.1) is 11.8 Å². The lowest BCUT2D eigenvalue weighted by Crippen LogP contribution is -2.16. The zero-order valence-electron chi connectivity index (χ0n) is 11.5. The van der Waals surface area contributed by atoms with Gasteiger partial charge in [-0.25, -0.2) is 4.52 Å². The molecule has 1 saturated carbocycles. The Hall–Kier alpha value is -1.58. The standard InChI is InChI=1S/C15H22N4/c1-12-5-7-13(8-6-12)9-10-16-15-17-14-4-2-3-11-19(14)18-15/h2-4,11-13H,5-10H2,1H3,(H,16,18). The van der Waals surface area contributed by atoms with E-state index in [4.69, 9.17) is 0 Å². The largest absolute Gasteiger partial charge is 0.353 e. The first-order valence-electron chi connectivity index (χ1n) is 7.36. The molecule has 2 aromatic heterocycles. The maximum atomic E-state index is 4.45. The van der Waals surface area contributed by atoms with E-state index in [1.54, 1.807) is 0 Å². The van der Waals surface area contributed by atoms with E-state index in [9.17, 15) is 0 Å². The minimum atomic E-state index is 0.746. The van der Waals surface area contributed by atoms with Crippen molar-refractivity contribution in [3.63, 3.8) is 0 Å². The average Bonchev–Trinajstić information content (AvgIpc) is 2.83. The molecule has 0 radical (unpaired) electrons. The quantitative estimate of drug-likeness (QED) is 0.914. The third kappa shape index (κ3) is 3.06. The minimum absolute atomic E-state index is 0.746. The first-order valence-corrected chi connectivity index (χ1v) is 7.36. The molecular formula is C15H22N4. The van der Waals surface area contributed by atoms with E-state index >= 15 is 0 Å². The highest BCUT2D eigenvalue weighted by molar-refractivity contribution is 5.42. The lowest BCUT2D eigenvalue weighted by molar-refractivity contribution is 0.282. The molecule has 19 heavy (non-hydrogen) atoms. The van der Waals surface area contributed by atoms with Gasteiger partial charge in [0.15, 0.2) is 5.65 Å². The van der Waals surface area contributed by atoms with Crippen molar-refractivity contribution < 1.29 is 0 Å². The van der Waals surface area contributed by atoms with Gasteiger partial charge in [-0.15, -0.1) is 5.10 Å². The maximum Gasteiger partial charge on any atom is 0.243 e. The third-order valence-electron chi connectivity index (χ3n) is 4.21. The van der Waals surface area contributed by atoms with Gasteiger partial charge in [-0.2, -0.15) is 4.98 Å². The van der Waals surface area contributed by atoms with Gasteiger partial charge in [0.25, 0.3) is 0 Å². The molecule has 0 bridgehead atoms. The summed E-state index contributed by atoms with van der Waals surface area (Å²) >= 11 is 0. The first kappa shape index (κ1) is 12.5. The second-order valence-electron chi connectivity index (χ2n) is 5.78. The van der Waals surface area contributed by atoms with Gasteiger partial charge in [0.05, 0.1) is 0 Å². The van der Waals surface area contributed by atoms with Crippen LogP contribution in [0.2, 0.25) is 0 Å². The predicted octanol–water partition coefficient (Wildman–Crippen LogP) is 3.36.